The van der Waals surface area contributed by atoms with Crippen LogP contribution in [0.1, 0.15) is 32.3 Å². The number of hydrogen-bond donors (Lipinski definition) is 1. The van der Waals surface area contributed by atoms with Crippen LogP contribution in [0.3, 0.4) is 0 Å². The molecule has 0 unspecified atom stereocenters. The number of methoxy groups -OCH3 is 1. The summed E-state index contributed by atoms with van der Waals surface area (Å²) >= 11 is 6.04. The van der Waals surface area contributed by atoms with Crippen molar-refractivity contribution in [2.45, 2.75) is 26.7 Å². The van der Waals surface area contributed by atoms with Crippen LogP contribution in [-0.2, 0) is 14.3 Å². The first-order valence-corrected chi connectivity index (χ1v) is 7.35. The van der Waals surface area contributed by atoms with Crippen molar-refractivity contribution in [3.63, 3.8) is 0 Å². The third-order valence-corrected chi connectivity index (χ3v) is 3.07. The molecule has 0 aliphatic rings. The average Bonchev–Trinajstić information content (AvgIpc) is 2.46. The van der Waals surface area contributed by atoms with E-state index in [0.717, 1.165) is 12.8 Å². The second-order valence-electron chi connectivity index (χ2n) is 4.61. The minimum Gasteiger partial charge on any atom is -0.495 e. The minimum absolute atomic E-state index is 0.235. The number of ether oxygens (including phenoxy) is 2. The number of carbonyl (C=O) groups excluding carboxylic acids is 2. The van der Waals surface area contributed by atoms with E-state index >= 15 is 0 Å². The Morgan fingerprint density at radius 2 is 2.09 bits per heavy atom. The van der Waals surface area contributed by atoms with Crippen LogP contribution in [-0.4, -0.2) is 25.6 Å². The Kier molecular flexibility index (Phi) is 7.46. The quantitative estimate of drug-likeness (QED) is 0.472. The SMILES string of the molecule is CCCCOC(=O)/C=C/c1cc(OC)c(Cl)cc1NC(C)=O. The van der Waals surface area contributed by atoms with E-state index in [-0.39, 0.29) is 5.91 Å². The molecule has 0 saturated heterocycles. The van der Waals surface area contributed by atoms with Crippen molar-refractivity contribution in [1.29, 1.82) is 0 Å². The summed E-state index contributed by atoms with van der Waals surface area (Å²) in [4.78, 5) is 22.8. The summed E-state index contributed by atoms with van der Waals surface area (Å²) in [6.07, 6.45) is 4.64. The molecule has 0 saturated carbocycles. The molecular formula is C16H20ClNO4. The monoisotopic (exact) mass is 325 g/mol. The Labute approximate surface area is 135 Å². The fourth-order valence-corrected chi connectivity index (χ4v) is 1.93. The third-order valence-electron chi connectivity index (χ3n) is 2.78. The highest BCUT2D eigenvalue weighted by Gasteiger charge is 2.09. The largest absolute Gasteiger partial charge is 0.495 e. The summed E-state index contributed by atoms with van der Waals surface area (Å²) in [5, 5.41) is 3.03. The third kappa shape index (κ3) is 5.77. The van der Waals surface area contributed by atoms with Gasteiger partial charge in [0.15, 0.2) is 0 Å². The zero-order valence-corrected chi connectivity index (χ0v) is 13.7. The first kappa shape index (κ1) is 18.0. The second-order valence-corrected chi connectivity index (χ2v) is 5.02. The average molecular weight is 326 g/mol. The van der Waals surface area contributed by atoms with Gasteiger partial charge in [-0.05, 0) is 24.6 Å². The van der Waals surface area contributed by atoms with Gasteiger partial charge in [0, 0.05) is 24.3 Å². The molecule has 22 heavy (non-hydrogen) atoms. The molecule has 1 aromatic rings. The number of hydrogen-bond acceptors (Lipinski definition) is 4. The standard InChI is InChI=1S/C16H20ClNO4/c1-4-5-8-22-16(20)7-6-12-9-15(21-3)13(17)10-14(12)18-11(2)19/h6-7,9-10H,4-5,8H2,1-3H3,(H,18,19)/b7-6+. The van der Waals surface area contributed by atoms with Crippen molar-refractivity contribution in [2.75, 3.05) is 19.0 Å². The van der Waals surface area contributed by atoms with Gasteiger partial charge in [-0.1, -0.05) is 24.9 Å². The van der Waals surface area contributed by atoms with E-state index in [0.29, 0.717) is 28.6 Å². The van der Waals surface area contributed by atoms with Gasteiger partial charge >= 0.3 is 5.97 Å². The maximum Gasteiger partial charge on any atom is 0.330 e. The number of anilines is 1. The summed E-state index contributed by atoms with van der Waals surface area (Å²) in [6.45, 7) is 3.80. The van der Waals surface area contributed by atoms with E-state index in [1.54, 1.807) is 18.2 Å². The van der Waals surface area contributed by atoms with Gasteiger partial charge in [0.05, 0.1) is 18.7 Å². The Balaban J connectivity index is 2.95. The zero-order chi connectivity index (χ0) is 16.5. The smallest absolute Gasteiger partial charge is 0.330 e. The van der Waals surface area contributed by atoms with Crippen LogP contribution in [0.5, 0.6) is 5.75 Å². The Morgan fingerprint density at radius 1 is 1.36 bits per heavy atom. The van der Waals surface area contributed by atoms with E-state index in [4.69, 9.17) is 21.1 Å². The molecule has 0 fully saturated rings. The lowest BCUT2D eigenvalue weighted by molar-refractivity contribution is -0.137. The number of carbonyl (C=O) groups is 2. The van der Waals surface area contributed by atoms with Crippen LogP contribution in [0, 0.1) is 0 Å². The normalized spacial score (nSPS) is 10.5. The molecular weight excluding hydrogens is 306 g/mol. The molecule has 1 aromatic carbocycles. The van der Waals surface area contributed by atoms with Gasteiger partial charge in [-0.25, -0.2) is 4.79 Å². The van der Waals surface area contributed by atoms with Crippen molar-refractivity contribution in [1.82, 2.24) is 0 Å². The molecule has 0 spiro atoms. The number of unbranched alkanes of at least 4 members (excludes halogenated alkanes) is 1. The number of esters is 1. The first-order valence-electron chi connectivity index (χ1n) is 6.97. The van der Waals surface area contributed by atoms with E-state index in [1.807, 2.05) is 6.92 Å². The summed E-state index contributed by atoms with van der Waals surface area (Å²) < 4.78 is 10.2. The molecule has 1 rings (SSSR count). The van der Waals surface area contributed by atoms with Crippen molar-refractivity contribution < 1.29 is 19.1 Å². The number of rotatable bonds is 7. The van der Waals surface area contributed by atoms with Crippen molar-refractivity contribution in [3.05, 3.63) is 28.8 Å². The molecule has 5 nitrogen and oxygen atoms in total. The molecule has 6 heteroatoms. The van der Waals surface area contributed by atoms with Gasteiger partial charge < -0.3 is 14.8 Å². The lowest BCUT2D eigenvalue weighted by Gasteiger charge is -2.11. The molecule has 0 aliphatic carbocycles. The lowest BCUT2D eigenvalue weighted by Crippen LogP contribution is -2.07. The fraction of sp³-hybridized carbons (Fsp3) is 0.375. The minimum atomic E-state index is -0.434. The summed E-state index contributed by atoms with van der Waals surface area (Å²) in [5.41, 5.74) is 1.10. The van der Waals surface area contributed by atoms with Gasteiger partial charge in [0.2, 0.25) is 5.91 Å². The number of amides is 1. The predicted molar refractivity (Wildman–Crippen MR) is 87.2 cm³/mol. The highest BCUT2D eigenvalue weighted by molar-refractivity contribution is 6.32. The van der Waals surface area contributed by atoms with Crippen LogP contribution in [0.4, 0.5) is 5.69 Å². The zero-order valence-electron chi connectivity index (χ0n) is 12.9. The Morgan fingerprint density at radius 3 is 2.68 bits per heavy atom. The fourth-order valence-electron chi connectivity index (χ4n) is 1.68. The van der Waals surface area contributed by atoms with Crippen molar-refractivity contribution in [3.8, 4) is 5.75 Å². The van der Waals surface area contributed by atoms with Crippen LogP contribution in [0.25, 0.3) is 6.08 Å². The topological polar surface area (TPSA) is 64.6 Å². The maximum atomic E-state index is 11.6. The van der Waals surface area contributed by atoms with Gasteiger partial charge in [0.25, 0.3) is 0 Å². The van der Waals surface area contributed by atoms with E-state index in [2.05, 4.69) is 5.32 Å². The first-order chi connectivity index (χ1) is 10.5. The van der Waals surface area contributed by atoms with E-state index < -0.39 is 5.97 Å². The van der Waals surface area contributed by atoms with E-state index in [1.165, 1.54) is 20.1 Å². The Hall–Kier alpha value is -2.01. The van der Waals surface area contributed by atoms with Crippen LogP contribution < -0.4 is 10.1 Å². The molecule has 120 valence electrons. The van der Waals surface area contributed by atoms with Gasteiger partial charge in [-0.3, -0.25) is 4.79 Å². The highest BCUT2D eigenvalue weighted by Crippen LogP contribution is 2.31. The van der Waals surface area contributed by atoms with E-state index in [9.17, 15) is 9.59 Å². The molecule has 0 atom stereocenters. The summed E-state index contributed by atoms with van der Waals surface area (Å²) in [6, 6.07) is 3.22. The molecule has 1 N–H and O–H groups in total. The van der Waals surface area contributed by atoms with Gasteiger partial charge in [0.1, 0.15) is 5.75 Å². The molecule has 0 radical (unpaired) electrons. The van der Waals surface area contributed by atoms with Crippen LogP contribution >= 0.6 is 11.6 Å². The molecule has 1 amide bonds. The molecule has 0 aromatic heterocycles. The lowest BCUT2D eigenvalue weighted by atomic mass is 10.1. The van der Waals surface area contributed by atoms with Crippen molar-refractivity contribution >= 4 is 35.2 Å². The number of halogens is 1. The van der Waals surface area contributed by atoms with Crippen molar-refractivity contribution in [2.24, 2.45) is 0 Å². The van der Waals surface area contributed by atoms with Crippen LogP contribution in [0.2, 0.25) is 5.02 Å². The Bertz CT molecular complexity index is 570. The van der Waals surface area contributed by atoms with Crippen LogP contribution in [0.15, 0.2) is 18.2 Å². The van der Waals surface area contributed by atoms with Gasteiger partial charge in [-0.2, -0.15) is 0 Å². The molecule has 0 bridgehead atoms. The number of benzene rings is 1. The molecule has 0 heterocycles. The van der Waals surface area contributed by atoms with Gasteiger partial charge in [-0.15, -0.1) is 0 Å². The maximum absolute atomic E-state index is 11.6. The molecule has 0 aliphatic heterocycles. The predicted octanol–water partition coefficient (Wildman–Crippen LogP) is 3.66. The summed E-state index contributed by atoms with van der Waals surface area (Å²) in [5.74, 6) is -0.215. The summed E-state index contributed by atoms with van der Waals surface area (Å²) in [7, 11) is 1.49. The number of nitrogens with one attached hydrogen (secondary N) is 1. The highest BCUT2D eigenvalue weighted by atomic mass is 35.5. The second kappa shape index (κ2) is 9.10.